The Balaban J connectivity index is -0.0000000171. The summed E-state index contributed by atoms with van der Waals surface area (Å²) in [5.74, 6) is 4.28. The van der Waals surface area contributed by atoms with Crippen LogP contribution in [0.1, 0.15) is 34.2 Å². The topological polar surface area (TPSA) is 1510 Å². The van der Waals surface area contributed by atoms with Gasteiger partial charge in [0.2, 0.25) is 0 Å². The largest absolute Gasteiger partial charge is 2.00 e. The van der Waals surface area contributed by atoms with Gasteiger partial charge in [-0.3, -0.25) is 84.9 Å². The average Bonchev–Trinajstić information content (AvgIpc) is 3.15. The van der Waals surface area contributed by atoms with E-state index in [1.807, 2.05) is 151 Å². The molecule has 0 bridgehead atoms. The number of aromatic amines is 6. The van der Waals surface area contributed by atoms with Crippen molar-refractivity contribution in [1.82, 2.24) is 0 Å². The molecule has 0 aromatic carbocycles. The Morgan fingerprint density at radius 3 is 0.286 bits per heavy atom. The maximum atomic E-state index is 8.52. The van der Waals surface area contributed by atoms with Crippen molar-refractivity contribution in [2.75, 3.05) is 34.4 Å². The minimum Gasteiger partial charge on any atom is -0.759 e. The molecule has 0 saturated carbocycles. The van der Waals surface area contributed by atoms with Crippen molar-refractivity contribution in [3.63, 3.8) is 0 Å². The van der Waals surface area contributed by atoms with Crippen LogP contribution in [0.4, 0.5) is 34.9 Å². The fourth-order valence-electron chi connectivity index (χ4n) is 3.64. The normalized spacial score (nSPS) is 7.49. The molecule has 0 spiro atoms. The second-order valence-electron chi connectivity index (χ2n) is 13.2. The van der Waals surface area contributed by atoms with Crippen molar-refractivity contribution >= 4 is 97.3 Å². The quantitative estimate of drug-likeness (QED) is 0.0356. The first-order valence-corrected chi connectivity index (χ1v) is 27.2. The fraction of sp³-hybridized carbons (Fsp3) is 0.167. The summed E-state index contributed by atoms with van der Waals surface area (Å²) in [6.07, 6.45) is 0. The number of nitrogen functional groups attached to an aromatic ring is 6. The van der Waals surface area contributed by atoms with Crippen LogP contribution in [0, 0.1) is 41.5 Å². The number of nitrogens with one attached hydrogen (secondary N) is 6. The number of hydrogen-bond acceptors (Lipinski definition) is 30. The van der Waals surface area contributed by atoms with Gasteiger partial charge in [0, 0.05) is 98.8 Å². The van der Waals surface area contributed by atoms with Crippen LogP contribution in [0.2, 0.25) is 0 Å². The second kappa shape index (κ2) is 114. The van der Waals surface area contributed by atoms with Crippen LogP contribution >= 0.6 is 0 Å². The van der Waals surface area contributed by atoms with Gasteiger partial charge in [0.25, 0.3) is 34.9 Å². The minimum atomic E-state index is -5.17. The number of anilines is 6. The van der Waals surface area contributed by atoms with E-state index >= 15 is 0 Å². The molecule has 84 N–H and O–H groups in total. The number of aromatic nitrogens is 6. The van der Waals surface area contributed by atoms with Crippen molar-refractivity contribution in [2.24, 2.45) is 0 Å². The Morgan fingerprint density at radius 1 is 0.200 bits per heavy atom. The van der Waals surface area contributed by atoms with E-state index in [0.29, 0.717) is 34.9 Å². The summed E-state index contributed by atoms with van der Waals surface area (Å²) in [5.41, 5.74) is 38.9. The molecule has 6 aromatic heterocycles. The van der Waals surface area contributed by atoms with Crippen molar-refractivity contribution in [3.05, 3.63) is 143 Å². The van der Waals surface area contributed by atoms with Crippen LogP contribution in [0.25, 0.3) is 0 Å². The van der Waals surface area contributed by atoms with E-state index in [-0.39, 0.29) is 190 Å². The number of H-pyrrole nitrogens is 6. The molecule has 60 nitrogen and oxygen atoms in total. The maximum absolute atomic E-state index is 8.52. The van der Waals surface area contributed by atoms with Crippen LogP contribution in [0.15, 0.2) is 109 Å². The SMILES string of the molecule is Cc1cccc(N)[nH+]1.Cc1cccc(N)[nH+]1.Cc1cccc(N)[nH+]1.Cc1cccc(N)[nH+]1.Cc1cccc(N)[nH+]1.Cc1cccc(N)[nH+]1.O.O.O.O.O.O.O=S(=O)([O-])[O-].O=S(=O)([O-])[O-].O=S(=O)([O-])[O-].O=S(=O)([O-])[O-].O=S(=O)([O-])[O-].O=S(=O)([O-])[O-].[OH3+].[OH3+].[OH3+].[OH3+].[OH3+].[OH3+].[OH3+].[OH3+].[OH3+].[OH3+].[OH3+].[OH3+].[OH3+].[OH3+].[OH3+].[OH3+].[OH3+].[OH3+].[Zn+2].[Zn+2].[Zn+2]. The summed E-state index contributed by atoms with van der Waals surface area (Å²) in [7, 11) is -31.0. The molecule has 0 aliphatic carbocycles. The minimum absolute atomic E-state index is 0. The average molecular weight is 1880 g/mol. The van der Waals surface area contributed by atoms with E-state index < -0.39 is 62.4 Å². The van der Waals surface area contributed by atoms with Crippen molar-refractivity contribution in [1.29, 1.82) is 0 Å². The summed E-state index contributed by atoms with van der Waals surface area (Å²) >= 11 is 0. The molecule has 0 radical (unpaired) electrons. The van der Waals surface area contributed by atoms with E-state index in [2.05, 4.69) is 29.9 Å². The van der Waals surface area contributed by atoms with Gasteiger partial charge in [0.05, 0.1) is 34.2 Å². The Labute approximate surface area is 637 Å². The van der Waals surface area contributed by atoms with Gasteiger partial charge in [-0.1, -0.05) is 36.4 Å². The molecule has 0 amide bonds. The Kier molecular flexibility index (Phi) is 236. The molecule has 105 heavy (non-hydrogen) atoms. The molecule has 6 rings (SSSR count). The van der Waals surface area contributed by atoms with Gasteiger partial charge in [-0.15, -0.1) is 0 Å². The first-order chi connectivity index (χ1) is 34.7. The zero-order chi connectivity index (χ0) is 62.9. The maximum Gasteiger partial charge on any atom is 2.00 e. The van der Waals surface area contributed by atoms with Crippen molar-refractivity contribution < 1.29 is 325 Å². The second-order valence-corrected chi connectivity index (χ2v) is 18.1. The third kappa shape index (κ3) is 310. The summed E-state index contributed by atoms with van der Waals surface area (Å²) in [6, 6.07) is 34.3. The van der Waals surface area contributed by atoms with E-state index in [0.717, 1.165) is 34.2 Å². The number of nitrogens with two attached hydrogens (primary N) is 6. The molecule has 6 aromatic rings. The molecule has 0 fully saturated rings. The predicted molar refractivity (Wildman–Crippen MR) is 365 cm³/mol. The van der Waals surface area contributed by atoms with Gasteiger partial charge in [-0.2, -0.15) is 0 Å². The van der Waals surface area contributed by atoms with E-state index in [4.69, 9.17) is 140 Å². The molecule has 0 saturated heterocycles. The Morgan fingerprint density at radius 2 is 0.257 bits per heavy atom. The third-order valence-corrected chi connectivity index (χ3v) is 5.78. The zero-order valence-corrected chi connectivity index (χ0v) is 70.4. The summed E-state index contributed by atoms with van der Waals surface area (Å²) in [5, 5.41) is 0. The van der Waals surface area contributed by atoms with Crippen molar-refractivity contribution in [3.8, 4) is 0 Å². The van der Waals surface area contributed by atoms with Gasteiger partial charge in [-0.25, -0.2) is 29.9 Å². The molecule has 0 aliphatic rings. The number of hydrogen-bond donors (Lipinski definition) is 6. The predicted octanol–water partition coefficient (Wildman–Crippen LogP) is -27.2. The first kappa shape index (κ1) is 218. The smallest absolute Gasteiger partial charge is 0.759 e. The zero-order valence-electron chi connectivity index (χ0n) is 56.6. The van der Waals surface area contributed by atoms with E-state index in [9.17, 15) is 0 Å². The Hall–Kier alpha value is -6.17. The third-order valence-electron chi connectivity index (χ3n) is 5.78. The molecular weight excluding hydrogens is 1760 g/mol. The number of pyridine rings is 6. The van der Waals surface area contributed by atoms with Crippen LogP contribution in [0.3, 0.4) is 0 Å². The molecular formula is C36H120N12O48S6Zn3+18. The van der Waals surface area contributed by atoms with Crippen LogP contribution < -0.4 is 64.3 Å². The van der Waals surface area contributed by atoms with Gasteiger partial charge in [0.1, 0.15) is 0 Å². The first-order valence-electron chi connectivity index (χ1n) is 19.2. The van der Waals surface area contributed by atoms with Gasteiger partial charge < -0.3 is 186 Å². The molecule has 0 atom stereocenters. The molecule has 6 heterocycles. The van der Waals surface area contributed by atoms with Crippen LogP contribution in [0.5, 0.6) is 0 Å². The van der Waals surface area contributed by atoms with Gasteiger partial charge in [-0.05, 0) is 77.9 Å². The van der Waals surface area contributed by atoms with Crippen LogP contribution in [-0.2, 0) is 219 Å². The van der Waals surface area contributed by atoms with E-state index in [1.54, 1.807) is 0 Å². The summed E-state index contributed by atoms with van der Waals surface area (Å²) < 4.78 is 205. The van der Waals surface area contributed by atoms with Crippen LogP contribution in [-0.4, -0.2) is 138 Å². The Bertz CT molecular complexity index is 2650. The molecule has 0 unspecified atom stereocenters. The number of aryl methyl sites for hydroxylation is 6. The summed E-state index contributed by atoms with van der Waals surface area (Å²) in [6.45, 7) is 11.8. The van der Waals surface area contributed by atoms with E-state index in [1.165, 1.54) is 0 Å². The summed E-state index contributed by atoms with van der Waals surface area (Å²) in [4.78, 5) is 17.7. The fourth-order valence-corrected chi connectivity index (χ4v) is 3.64. The van der Waals surface area contributed by atoms with Gasteiger partial charge >= 0.3 is 58.4 Å². The molecule has 636 valence electrons. The monoisotopic (exact) mass is 1870 g/mol. The molecule has 0 aliphatic heterocycles. The van der Waals surface area contributed by atoms with Crippen molar-refractivity contribution in [2.45, 2.75) is 41.5 Å². The number of rotatable bonds is 0. The molecule has 69 heteroatoms. The standard InChI is InChI=1S/6C6H8N2.6H2O4S.24H2O.3Zn/c6*1-5-3-2-4-6(7)8-5;6*1-5(2,3)4;;;;;;;;;;;;;;;;;;;;;;;;;;;/h6*2-4H,1H3,(H2,7,8);6*(H2,1,2,3,4);24*1H2;;;/q;;;;;;;;;;;;;;;;;;;;;;;;;;;;;;;;;;;;3*+2/p+12. The van der Waals surface area contributed by atoms with Gasteiger partial charge in [0.15, 0.2) is 0 Å².